The zero-order valence-corrected chi connectivity index (χ0v) is 11.6. The Kier molecular flexibility index (Phi) is 4.24. The van der Waals surface area contributed by atoms with Gasteiger partial charge in [-0.05, 0) is 32.4 Å². The van der Waals surface area contributed by atoms with Crippen LogP contribution in [0.4, 0.5) is 5.69 Å². The summed E-state index contributed by atoms with van der Waals surface area (Å²) in [5.41, 5.74) is 6.58. The van der Waals surface area contributed by atoms with Gasteiger partial charge >= 0.3 is 0 Å². The van der Waals surface area contributed by atoms with Crippen molar-refractivity contribution in [2.75, 3.05) is 11.9 Å². The highest BCUT2D eigenvalue weighted by molar-refractivity contribution is 6.03. The van der Waals surface area contributed by atoms with E-state index >= 15 is 0 Å². The molecule has 1 aliphatic heterocycles. The first-order valence-corrected chi connectivity index (χ1v) is 6.63. The molecule has 6 nitrogen and oxygen atoms in total. The number of carbonyl (C=O) groups excluding carboxylic acids is 2. The fourth-order valence-electron chi connectivity index (χ4n) is 1.91. The van der Waals surface area contributed by atoms with Gasteiger partial charge in [-0.3, -0.25) is 9.59 Å². The molecule has 0 radical (unpaired) electrons. The Morgan fingerprint density at radius 3 is 3.00 bits per heavy atom. The van der Waals surface area contributed by atoms with Gasteiger partial charge in [-0.2, -0.15) is 0 Å². The molecule has 6 heteroatoms. The van der Waals surface area contributed by atoms with E-state index in [0.717, 1.165) is 0 Å². The van der Waals surface area contributed by atoms with Crippen molar-refractivity contribution in [1.29, 1.82) is 0 Å². The number of nitrogens with two attached hydrogens (primary N) is 1. The standard InChI is InChI=1S/C14H19N3O3/c1-8(15)6-7-16-14(19)10-4-3-5-11-12(10)20-9(2)13(18)17-11/h3-5,8-9H,6-7,15H2,1-2H3,(H,16,19)(H,17,18). The Labute approximate surface area is 117 Å². The van der Waals surface area contributed by atoms with Crippen LogP contribution in [-0.4, -0.2) is 30.5 Å². The SMILES string of the molecule is CC(N)CCNC(=O)c1cccc2c1OC(C)C(=O)N2. The van der Waals surface area contributed by atoms with Crippen molar-refractivity contribution in [3.05, 3.63) is 23.8 Å². The van der Waals surface area contributed by atoms with Crippen molar-refractivity contribution in [3.63, 3.8) is 0 Å². The van der Waals surface area contributed by atoms with E-state index in [-0.39, 0.29) is 17.9 Å². The minimum absolute atomic E-state index is 0.0375. The van der Waals surface area contributed by atoms with Crippen LogP contribution in [0, 0.1) is 0 Å². The Morgan fingerprint density at radius 2 is 2.30 bits per heavy atom. The van der Waals surface area contributed by atoms with E-state index in [1.54, 1.807) is 25.1 Å². The molecule has 0 bridgehead atoms. The van der Waals surface area contributed by atoms with Gasteiger partial charge in [0.2, 0.25) is 0 Å². The fraction of sp³-hybridized carbons (Fsp3) is 0.429. The molecule has 20 heavy (non-hydrogen) atoms. The van der Waals surface area contributed by atoms with Crippen LogP contribution in [0.3, 0.4) is 0 Å². The molecule has 4 N–H and O–H groups in total. The van der Waals surface area contributed by atoms with Gasteiger partial charge < -0.3 is 21.1 Å². The topological polar surface area (TPSA) is 93.4 Å². The zero-order chi connectivity index (χ0) is 14.7. The first-order valence-electron chi connectivity index (χ1n) is 6.63. The molecule has 2 rings (SSSR count). The highest BCUT2D eigenvalue weighted by Gasteiger charge is 2.27. The van der Waals surface area contributed by atoms with Gasteiger partial charge in [0.05, 0.1) is 11.3 Å². The first kappa shape index (κ1) is 14.3. The number of hydrogen-bond acceptors (Lipinski definition) is 4. The molecule has 0 saturated carbocycles. The lowest BCUT2D eigenvalue weighted by molar-refractivity contribution is -0.122. The molecular weight excluding hydrogens is 258 g/mol. The van der Waals surface area contributed by atoms with Crippen LogP contribution in [0.15, 0.2) is 18.2 Å². The predicted molar refractivity (Wildman–Crippen MR) is 75.8 cm³/mol. The molecule has 1 heterocycles. The van der Waals surface area contributed by atoms with E-state index in [1.807, 2.05) is 6.92 Å². The van der Waals surface area contributed by atoms with Crippen molar-refractivity contribution in [2.45, 2.75) is 32.4 Å². The lowest BCUT2D eigenvalue weighted by atomic mass is 10.1. The largest absolute Gasteiger partial charge is 0.478 e. The summed E-state index contributed by atoms with van der Waals surface area (Å²) >= 11 is 0. The van der Waals surface area contributed by atoms with Gasteiger partial charge in [-0.15, -0.1) is 0 Å². The molecule has 0 aliphatic carbocycles. The number of hydrogen-bond donors (Lipinski definition) is 3. The van der Waals surface area contributed by atoms with Gasteiger partial charge in [0, 0.05) is 12.6 Å². The monoisotopic (exact) mass is 277 g/mol. The van der Waals surface area contributed by atoms with Crippen molar-refractivity contribution >= 4 is 17.5 Å². The second-order valence-corrected chi connectivity index (χ2v) is 4.95. The molecule has 0 saturated heterocycles. The van der Waals surface area contributed by atoms with Crippen molar-refractivity contribution in [1.82, 2.24) is 5.32 Å². The third kappa shape index (κ3) is 3.08. The molecule has 108 valence electrons. The van der Waals surface area contributed by atoms with E-state index in [4.69, 9.17) is 10.5 Å². The maximum absolute atomic E-state index is 12.1. The summed E-state index contributed by atoms with van der Waals surface area (Å²) in [5, 5.41) is 5.51. The summed E-state index contributed by atoms with van der Waals surface area (Å²) in [6.45, 7) is 4.03. The number of para-hydroxylation sites is 1. The molecule has 2 unspecified atom stereocenters. The molecule has 0 spiro atoms. The van der Waals surface area contributed by atoms with Crippen LogP contribution in [0.5, 0.6) is 5.75 Å². The van der Waals surface area contributed by atoms with E-state index < -0.39 is 6.10 Å². The normalized spacial score (nSPS) is 18.6. The number of amides is 2. The molecule has 1 aromatic carbocycles. The summed E-state index contributed by atoms with van der Waals surface area (Å²) in [4.78, 5) is 23.7. The minimum Gasteiger partial charge on any atom is -0.478 e. The van der Waals surface area contributed by atoms with E-state index in [2.05, 4.69) is 10.6 Å². The molecule has 0 aromatic heterocycles. The Hall–Kier alpha value is -2.08. The van der Waals surface area contributed by atoms with Crippen LogP contribution in [0.2, 0.25) is 0 Å². The van der Waals surface area contributed by atoms with Gasteiger partial charge in [-0.1, -0.05) is 6.07 Å². The fourth-order valence-corrected chi connectivity index (χ4v) is 1.91. The molecule has 1 aliphatic rings. The van der Waals surface area contributed by atoms with Gasteiger partial charge in [0.15, 0.2) is 11.9 Å². The quantitative estimate of drug-likeness (QED) is 0.761. The number of benzene rings is 1. The van der Waals surface area contributed by atoms with Crippen molar-refractivity contribution in [2.24, 2.45) is 5.73 Å². The van der Waals surface area contributed by atoms with E-state index in [9.17, 15) is 9.59 Å². The second kappa shape index (κ2) is 5.92. The molecule has 2 atom stereocenters. The summed E-state index contributed by atoms with van der Waals surface area (Å²) < 4.78 is 5.53. The summed E-state index contributed by atoms with van der Waals surface area (Å²) in [6, 6.07) is 5.12. The van der Waals surface area contributed by atoms with Crippen LogP contribution < -0.4 is 21.1 Å². The number of rotatable bonds is 4. The van der Waals surface area contributed by atoms with Crippen LogP contribution in [-0.2, 0) is 4.79 Å². The molecule has 2 amide bonds. The zero-order valence-electron chi connectivity index (χ0n) is 11.6. The van der Waals surface area contributed by atoms with Crippen LogP contribution in [0.25, 0.3) is 0 Å². The Balaban J connectivity index is 2.15. The van der Waals surface area contributed by atoms with E-state index in [1.165, 1.54) is 0 Å². The lowest BCUT2D eigenvalue weighted by Gasteiger charge is -2.25. The highest BCUT2D eigenvalue weighted by atomic mass is 16.5. The third-order valence-electron chi connectivity index (χ3n) is 3.07. The molecule has 0 fully saturated rings. The number of carbonyl (C=O) groups is 2. The van der Waals surface area contributed by atoms with Crippen molar-refractivity contribution < 1.29 is 14.3 Å². The number of nitrogens with one attached hydrogen (secondary N) is 2. The second-order valence-electron chi connectivity index (χ2n) is 4.95. The average molecular weight is 277 g/mol. The van der Waals surface area contributed by atoms with Crippen molar-refractivity contribution in [3.8, 4) is 5.75 Å². The number of ether oxygens (including phenoxy) is 1. The average Bonchev–Trinajstić information content (AvgIpc) is 2.39. The van der Waals surface area contributed by atoms with E-state index in [0.29, 0.717) is 30.0 Å². The predicted octanol–water partition coefficient (Wildman–Crippen LogP) is 0.873. The minimum atomic E-state index is -0.611. The smallest absolute Gasteiger partial charge is 0.265 e. The van der Waals surface area contributed by atoms with Crippen LogP contribution >= 0.6 is 0 Å². The maximum Gasteiger partial charge on any atom is 0.265 e. The lowest BCUT2D eigenvalue weighted by Crippen LogP contribution is -2.36. The summed E-state index contributed by atoms with van der Waals surface area (Å²) in [7, 11) is 0. The molecule has 1 aromatic rings. The maximum atomic E-state index is 12.1. The molecular formula is C14H19N3O3. The highest BCUT2D eigenvalue weighted by Crippen LogP contribution is 2.33. The summed E-state index contributed by atoms with van der Waals surface area (Å²) in [5.74, 6) is -0.0317. The van der Waals surface area contributed by atoms with Gasteiger partial charge in [0.25, 0.3) is 11.8 Å². The van der Waals surface area contributed by atoms with Crippen LogP contribution in [0.1, 0.15) is 30.6 Å². The Bertz CT molecular complexity index is 528. The Morgan fingerprint density at radius 1 is 1.55 bits per heavy atom. The van der Waals surface area contributed by atoms with Gasteiger partial charge in [0.1, 0.15) is 0 Å². The first-order chi connectivity index (χ1) is 9.49. The number of anilines is 1. The summed E-state index contributed by atoms with van der Waals surface area (Å²) in [6.07, 6.45) is 0.0925. The number of fused-ring (bicyclic) bond motifs is 1. The van der Waals surface area contributed by atoms with Gasteiger partial charge in [-0.25, -0.2) is 0 Å². The third-order valence-corrected chi connectivity index (χ3v) is 3.07.